The van der Waals surface area contributed by atoms with E-state index >= 15 is 0 Å². The van der Waals surface area contributed by atoms with Gasteiger partial charge in [-0.3, -0.25) is 14.6 Å². The van der Waals surface area contributed by atoms with Gasteiger partial charge in [0, 0.05) is 64.1 Å². The number of hydrogen-bond donors (Lipinski definition) is 0. The van der Waals surface area contributed by atoms with E-state index in [1.807, 2.05) is 0 Å². The molecule has 2 fully saturated rings. The van der Waals surface area contributed by atoms with Crippen LogP contribution in [0.25, 0.3) is 11.1 Å². The molecule has 2 heterocycles. The first-order valence-electron chi connectivity index (χ1n) is 12.2. The molecule has 0 saturated carbocycles. The Labute approximate surface area is 193 Å². The third-order valence-electron chi connectivity index (χ3n) is 7.20. The van der Waals surface area contributed by atoms with Crippen LogP contribution in [0.2, 0.25) is 0 Å². The fraction of sp³-hybridized carbons (Fsp3) is 0.519. The first-order valence-corrected chi connectivity index (χ1v) is 12.2. The molecule has 0 spiro atoms. The van der Waals surface area contributed by atoms with E-state index in [9.17, 15) is 4.79 Å². The number of aryl methyl sites for hydroxylation is 1. The van der Waals surface area contributed by atoms with Crippen molar-refractivity contribution in [3.8, 4) is 11.1 Å². The van der Waals surface area contributed by atoms with Crippen molar-refractivity contribution in [1.29, 1.82) is 0 Å². The predicted octanol–water partition coefficient (Wildman–Crippen LogP) is 3.73. The fourth-order valence-electron chi connectivity index (χ4n) is 4.82. The van der Waals surface area contributed by atoms with Crippen LogP contribution in [0.4, 0.5) is 5.69 Å². The van der Waals surface area contributed by atoms with Crippen molar-refractivity contribution >= 4 is 11.6 Å². The molecule has 0 aromatic heterocycles. The molecule has 172 valence electrons. The first kappa shape index (κ1) is 22.8. The Morgan fingerprint density at radius 1 is 0.875 bits per heavy atom. The number of nitrogens with zero attached hydrogens (tertiary/aromatic N) is 4. The second kappa shape index (κ2) is 10.5. The molecule has 1 unspecified atom stereocenters. The number of benzene rings is 2. The number of piperazine rings is 2. The van der Waals surface area contributed by atoms with Gasteiger partial charge in [0.2, 0.25) is 5.91 Å². The largest absolute Gasteiger partial charge is 0.369 e. The maximum Gasteiger partial charge on any atom is 0.236 e. The minimum Gasteiger partial charge on any atom is -0.369 e. The Bertz CT molecular complexity index is 881. The molecular weight excluding hydrogens is 396 g/mol. The van der Waals surface area contributed by atoms with E-state index in [0.717, 1.165) is 52.4 Å². The van der Waals surface area contributed by atoms with E-state index in [1.54, 1.807) is 0 Å². The normalized spacial score (nSPS) is 19.2. The molecule has 2 aliphatic rings. The van der Waals surface area contributed by atoms with Gasteiger partial charge in [0.25, 0.3) is 0 Å². The van der Waals surface area contributed by atoms with Crippen LogP contribution in [0.15, 0.2) is 48.5 Å². The molecule has 5 heteroatoms. The van der Waals surface area contributed by atoms with Gasteiger partial charge in [-0.1, -0.05) is 48.9 Å². The van der Waals surface area contributed by atoms with E-state index in [-0.39, 0.29) is 0 Å². The van der Waals surface area contributed by atoms with Crippen molar-refractivity contribution in [3.63, 3.8) is 0 Å². The lowest BCUT2D eigenvalue weighted by molar-refractivity contribution is -0.134. The van der Waals surface area contributed by atoms with Gasteiger partial charge in [-0.25, -0.2) is 0 Å². The van der Waals surface area contributed by atoms with Crippen molar-refractivity contribution in [2.45, 2.75) is 33.2 Å². The van der Waals surface area contributed by atoms with Gasteiger partial charge in [-0.2, -0.15) is 0 Å². The molecular formula is C27H38N4O. The Kier molecular flexibility index (Phi) is 7.48. The molecule has 0 N–H and O–H groups in total. The Morgan fingerprint density at radius 2 is 1.56 bits per heavy atom. The van der Waals surface area contributed by atoms with Crippen LogP contribution >= 0.6 is 0 Å². The number of hydrogen-bond acceptors (Lipinski definition) is 4. The summed E-state index contributed by atoms with van der Waals surface area (Å²) >= 11 is 0. The third kappa shape index (κ3) is 5.51. The van der Waals surface area contributed by atoms with E-state index in [0.29, 0.717) is 18.5 Å². The van der Waals surface area contributed by atoms with Crippen LogP contribution in [0, 0.1) is 6.92 Å². The highest BCUT2D eigenvalue weighted by atomic mass is 16.2. The molecule has 2 aromatic rings. The first-order chi connectivity index (χ1) is 15.5. The molecule has 32 heavy (non-hydrogen) atoms. The maximum absolute atomic E-state index is 12.8. The van der Waals surface area contributed by atoms with E-state index in [4.69, 9.17) is 0 Å². The van der Waals surface area contributed by atoms with Crippen molar-refractivity contribution in [2.24, 2.45) is 0 Å². The topological polar surface area (TPSA) is 30.0 Å². The Morgan fingerprint density at radius 3 is 2.19 bits per heavy atom. The molecule has 0 bridgehead atoms. The smallest absolute Gasteiger partial charge is 0.236 e. The lowest BCUT2D eigenvalue weighted by Gasteiger charge is -2.40. The third-order valence-corrected chi connectivity index (χ3v) is 7.20. The highest BCUT2D eigenvalue weighted by Gasteiger charge is 2.26. The zero-order valence-electron chi connectivity index (χ0n) is 20.0. The number of carbonyl (C=O) groups is 1. The molecule has 2 aromatic carbocycles. The molecule has 1 amide bonds. The number of amides is 1. The van der Waals surface area contributed by atoms with Gasteiger partial charge < -0.3 is 9.80 Å². The van der Waals surface area contributed by atoms with Crippen molar-refractivity contribution in [2.75, 3.05) is 63.8 Å². The number of rotatable bonds is 6. The van der Waals surface area contributed by atoms with Crippen molar-refractivity contribution < 1.29 is 4.79 Å². The van der Waals surface area contributed by atoms with E-state index in [2.05, 4.69) is 88.9 Å². The molecule has 2 aliphatic heterocycles. The van der Waals surface area contributed by atoms with Crippen LogP contribution in [-0.2, 0) is 4.79 Å². The monoisotopic (exact) mass is 434 g/mol. The Hall–Kier alpha value is -2.37. The summed E-state index contributed by atoms with van der Waals surface area (Å²) in [5.41, 5.74) is 5.09. The van der Waals surface area contributed by atoms with Crippen LogP contribution < -0.4 is 4.90 Å². The molecule has 5 nitrogen and oxygen atoms in total. The standard InChI is InChI=1S/C27H38N4O/c1-4-23(3)29-16-18-31(19-17-29)27(32)21-28-12-14-30(15-13-28)26-10-8-24(9-11-26)25-7-5-6-22(2)20-25/h5-11,20,23H,4,12-19,21H2,1-3H3. The van der Waals surface area contributed by atoms with Gasteiger partial charge in [0.15, 0.2) is 0 Å². The maximum atomic E-state index is 12.8. The summed E-state index contributed by atoms with van der Waals surface area (Å²) < 4.78 is 0. The molecule has 0 aliphatic carbocycles. The molecule has 0 radical (unpaired) electrons. The van der Waals surface area contributed by atoms with Gasteiger partial charge in [0.1, 0.15) is 0 Å². The summed E-state index contributed by atoms with van der Waals surface area (Å²) in [6.45, 7) is 14.8. The van der Waals surface area contributed by atoms with Crippen LogP contribution in [0.3, 0.4) is 0 Å². The summed E-state index contributed by atoms with van der Waals surface area (Å²) in [5.74, 6) is 0.296. The van der Waals surface area contributed by atoms with Crippen LogP contribution in [0.5, 0.6) is 0 Å². The van der Waals surface area contributed by atoms with Crippen LogP contribution in [0.1, 0.15) is 25.8 Å². The highest BCUT2D eigenvalue weighted by molar-refractivity contribution is 5.78. The summed E-state index contributed by atoms with van der Waals surface area (Å²) in [4.78, 5) is 22.1. The number of anilines is 1. The highest BCUT2D eigenvalue weighted by Crippen LogP contribution is 2.24. The zero-order valence-corrected chi connectivity index (χ0v) is 20.0. The lowest BCUT2D eigenvalue weighted by Crippen LogP contribution is -2.55. The molecule has 1 atom stereocenters. The Balaban J connectivity index is 1.24. The summed E-state index contributed by atoms with van der Waals surface area (Å²) in [6, 6.07) is 18.2. The second-order valence-electron chi connectivity index (χ2n) is 9.35. The van der Waals surface area contributed by atoms with Gasteiger partial charge in [-0.15, -0.1) is 0 Å². The van der Waals surface area contributed by atoms with E-state index < -0.39 is 0 Å². The van der Waals surface area contributed by atoms with Gasteiger partial charge in [0.05, 0.1) is 6.54 Å². The summed E-state index contributed by atoms with van der Waals surface area (Å²) in [5, 5.41) is 0. The average Bonchev–Trinajstić information content (AvgIpc) is 2.84. The van der Waals surface area contributed by atoms with Gasteiger partial charge >= 0.3 is 0 Å². The summed E-state index contributed by atoms with van der Waals surface area (Å²) in [7, 11) is 0. The van der Waals surface area contributed by atoms with E-state index in [1.165, 1.54) is 28.8 Å². The summed E-state index contributed by atoms with van der Waals surface area (Å²) in [6.07, 6.45) is 1.17. The van der Waals surface area contributed by atoms with Crippen molar-refractivity contribution in [3.05, 3.63) is 54.1 Å². The minimum atomic E-state index is 0.296. The lowest BCUT2D eigenvalue weighted by atomic mass is 10.0. The predicted molar refractivity (Wildman–Crippen MR) is 133 cm³/mol. The SMILES string of the molecule is CCC(C)N1CCN(C(=O)CN2CCN(c3ccc(-c4cccc(C)c4)cc3)CC2)CC1. The quantitative estimate of drug-likeness (QED) is 0.693. The zero-order chi connectivity index (χ0) is 22.5. The van der Waals surface area contributed by atoms with Crippen LogP contribution in [-0.4, -0.2) is 85.6 Å². The molecule has 4 rings (SSSR count). The number of carbonyl (C=O) groups excluding carboxylic acids is 1. The van der Waals surface area contributed by atoms with Gasteiger partial charge in [-0.05, 0) is 43.5 Å². The fourth-order valence-corrected chi connectivity index (χ4v) is 4.82. The molecule has 2 saturated heterocycles. The van der Waals surface area contributed by atoms with Crippen molar-refractivity contribution in [1.82, 2.24) is 14.7 Å². The minimum absolute atomic E-state index is 0.296. The average molecular weight is 435 g/mol. The second-order valence-corrected chi connectivity index (χ2v) is 9.35.